The number of ether oxygens (including phenoxy) is 1. The van der Waals surface area contributed by atoms with Crippen molar-refractivity contribution in [2.75, 3.05) is 13.2 Å². The fourth-order valence-corrected chi connectivity index (χ4v) is 2.25. The normalized spacial score (nSPS) is 25.0. The molecule has 0 amide bonds. The van der Waals surface area contributed by atoms with Crippen LogP contribution in [0.1, 0.15) is 38.5 Å². The zero-order chi connectivity index (χ0) is 10.7. The Morgan fingerprint density at radius 3 is 2.47 bits per heavy atom. The van der Waals surface area contributed by atoms with E-state index < -0.39 is 13.0 Å². The van der Waals surface area contributed by atoms with Gasteiger partial charge < -0.3 is 10.1 Å². The lowest BCUT2D eigenvalue weighted by atomic mass is 10.0. The minimum absolute atomic E-state index is 0.293. The average molecular weight is 219 g/mol. The Morgan fingerprint density at radius 1 is 1.27 bits per heavy atom. The molecule has 1 N–H and O–H groups in total. The van der Waals surface area contributed by atoms with Gasteiger partial charge in [0, 0.05) is 12.6 Å². The molecule has 0 atom stereocenters. The van der Waals surface area contributed by atoms with Crippen LogP contribution in [0.25, 0.3) is 0 Å². The molecule has 0 spiro atoms. The molecular formula is C11H19F2NO. The molecule has 4 heteroatoms. The molecule has 0 heterocycles. The first-order valence-electron chi connectivity index (χ1n) is 5.86. The molecule has 2 aliphatic carbocycles. The highest BCUT2D eigenvalue weighted by Crippen LogP contribution is 2.34. The third-order valence-corrected chi connectivity index (χ3v) is 3.32. The van der Waals surface area contributed by atoms with Crippen molar-refractivity contribution >= 4 is 0 Å². The predicted octanol–water partition coefficient (Wildman–Crippen LogP) is 2.33. The number of rotatable bonds is 6. The number of hydrogen-bond donors (Lipinski definition) is 1. The lowest BCUT2D eigenvalue weighted by Crippen LogP contribution is -2.42. The van der Waals surface area contributed by atoms with Crippen LogP contribution in [0.5, 0.6) is 0 Å². The van der Waals surface area contributed by atoms with E-state index in [4.69, 9.17) is 4.74 Å². The third kappa shape index (κ3) is 3.38. The maximum Gasteiger partial charge on any atom is 0.261 e. The van der Waals surface area contributed by atoms with Gasteiger partial charge in [-0.25, -0.2) is 8.78 Å². The number of alkyl halides is 2. The summed E-state index contributed by atoms with van der Waals surface area (Å²) in [4.78, 5) is 0. The molecule has 2 nitrogen and oxygen atoms in total. The Morgan fingerprint density at radius 2 is 1.93 bits per heavy atom. The first-order valence-corrected chi connectivity index (χ1v) is 5.86. The first-order chi connectivity index (χ1) is 7.20. The Bertz CT molecular complexity index is 193. The van der Waals surface area contributed by atoms with Crippen LogP contribution in [0, 0.1) is 0 Å². The average Bonchev–Trinajstić information content (AvgIpc) is 2.93. The molecule has 2 rings (SSSR count). The summed E-state index contributed by atoms with van der Waals surface area (Å²) >= 11 is 0. The van der Waals surface area contributed by atoms with Gasteiger partial charge in [0.05, 0.1) is 5.60 Å². The lowest BCUT2D eigenvalue weighted by molar-refractivity contribution is -0.0845. The van der Waals surface area contributed by atoms with Crippen molar-refractivity contribution in [1.29, 1.82) is 0 Å². The van der Waals surface area contributed by atoms with Crippen LogP contribution < -0.4 is 5.32 Å². The van der Waals surface area contributed by atoms with Crippen LogP contribution in [0.3, 0.4) is 0 Å². The van der Waals surface area contributed by atoms with E-state index in [0.29, 0.717) is 6.04 Å². The molecule has 0 aliphatic heterocycles. The Balaban J connectivity index is 1.78. The molecule has 0 saturated heterocycles. The molecule has 0 aromatic carbocycles. The minimum atomic E-state index is -2.34. The largest absolute Gasteiger partial charge is 0.368 e. The van der Waals surface area contributed by atoms with Gasteiger partial charge in [-0.1, -0.05) is 12.8 Å². The second-order valence-corrected chi connectivity index (χ2v) is 4.75. The Kier molecular flexibility index (Phi) is 3.57. The monoisotopic (exact) mass is 219 g/mol. The van der Waals surface area contributed by atoms with Gasteiger partial charge in [-0.2, -0.15) is 0 Å². The van der Waals surface area contributed by atoms with Gasteiger partial charge in [0.25, 0.3) is 6.43 Å². The van der Waals surface area contributed by atoms with Crippen LogP contribution >= 0.6 is 0 Å². The summed E-state index contributed by atoms with van der Waals surface area (Å²) in [6, 6.07) is 0.623. The number of nitrogens with one attached hydrogen (secondary N) is 1. The second kappa shape index (κ2) is 4.74. The van der Waals surface area contributed by atoms with Crippen LogP contribution in [-0.2, 0) is 4.74 Å². The lowest BCUT2D eigenvalue weighted by Gasteiger charge is -2.29. The van der Waals surface area contributed by atoms with E-state index in [-0.39, 0.29) is 5.60 Å². The summed E-state index contributed by atoms with van der Waals surface area (Å²) in [5.41, 5.74) is -0.293. The second-order valence-electron chi connectivity index (χ2n) is 4.75. The van der Waals surface area contributed by atoms with Crippen molar-refractivity contribution in [3.05, 3.63) is 0 Å². The molecule has 15 heavy (non-hydrogen) atoms. The zero-order valence-electron chi connectivity index (χ0n) is 8.98. The molecule has 88 valence electrons. The predicted molar refractivity (Wildman–Crippen MR) is 54.2 cm³/mol. The highest BCUT2D eigenvalue weighted by atomic mass is 19.3. The first kappa shape index (κ1) is 11.3. The van der Waals surface area contributed by atoms with Gasteiger partial charge in [0.15, 0.2) is 0 Å². The highest BCUT2D eigenvalue weighted by molar-refractivity contribution is 4.92. The van der Waals surface area contributed by atoms with Crippen LogP contribution in [-0.4, -0.2) is 31.2 Å². The molecule has 0 aromatic heterocycles. The standard InChI is InChI=1S/C11H19F2NO/c12-10(13)7-15-11(5-1-2-6-11)8-14-9-3-4-9/h9-10,14H,1-8H2. The molecule has 0 bridgehead atoms. The fraction of sp³-hybridized carbons (Fsp3) is 1.00. The summed E-state index contributed by atoms with van der Waals surface area (Å²) in [6.45, 7) is 0.344. The summed E-state index contributed by atoms with van der Waals surface area (Å²) in [7, 11) is 0. The van der Waals surface area contributed by atoms with Crippen molar-refractivity contribution in [3.8, 4) is 0 Å². The quantitative estimate of drug-likeness (QED) is 0.740. The third-order valence-electron chi connectivity index (χ3n) is 3.32. The molecule has 2 aliphatic rings. The van der Waals surface area contributed by atoms with Crippen molar-refractivity contribution in [2.45, 2.75) is 56.6 Å². The van der Waals surface area contributed by atoms with Gasteiger partial charge >= 0.3 is 0 Å². The highest BCUT2D eigenvalue weighted by Gasteiger charge is 2.36. The Hall–Kier alpha value is -0.220. The molecule has 0 unspecified atom stereocenters. The zero-order valence-corrected chi connectivity index (χ0v) is 8.98. The summed E-state index contributed by atoms with van der Waals surface area (Å²) in [6.07, 6.45) is 4.18. The Labute approximate surface area is 89.4 Å². The van der Waals surface area contributed by atoms with E-state index >= 15 is 0 Å². The SMILES string of the molecule is FC(F)COC1(CNC2CC2)CCCC1. The summed E-state index contributed by atoms with van der Waals surface area (Å²) in [5, 5.41) is 3.39. The fourth-order valence-electron chi connectivity index (χ4n) is 2.25. The van der Waals surface area contributed by atoms with Crippen molar-refractivity contribution in [2.24, 2.45) is 0 Å². The molecular weight excluding hydrogens is 200 g/mol. The smallest absolute Gasteiger partial charge is 0.261 e. The maximum atomic E-state index is 12.1. The van der Waals surface area contributed by atoms with E-state index in [2.05, 4.69) is 5.32 Å². The van der Waals surface area contributed by atoms with E-state index in [1.165, 1.54) is 12.8 Å². The van der Waals surface area contributed by atoms with Gasteiger partial charge in [0.1, 0.15) is 6.61 Å². The number of hydrogen-bond acceptors (Lipinski definition) is 2. The maximum absolute atomic E-state index is 12.1. The molecule has 2 saturated carbocycles. The van der Waals surface area contributed by atoms with E-state index in [9.17, 15) is 8.78 Å². The number of halogens is 2. The van der Waals surface area contributed by atoms with Crippen molar-refractivity contribution in [3.63, 3.8) is 0 Å². The topological polar surface area (TPSA) is 21.3 Å². The van der Waals surface area contributed by atoms with Crippen LogP contribution in [0.2, 0.25) is 0 Å². The van der Waals surface area contributed by atoms with E-state index in [0.717, 1.165) is 32.2 Å². The van der Waals surface area contributed by atoms with Crippen LogP contribution in [0.4, 0.5) is 8.78 Å². The molecule has 2 fully saturated rings. The van der Waals surface area contributed by atoms with Crippen LogP contribution in [0.15, 0.2) is 0 Å². The summed E-state index contributed by atoms with van der Waals surface area (Å²) in [5.74, 6) is 0. The van der Waals surface area contributed by atoms with E-state index in [1.807, 2.05) is 0 Å². The van der Waals surface area contributed by atoms with Gasteiger partial charge in [-0.05, 0) is 25.7 Å². The molecule has 0 aromatic rings. The minimum Gasteiger partial charge on any atom is -0.368 e. The van der Waals surface area contributed by atoms with Crippen molar-refractivity contribution < 1.29 is 13.5 Å². The summed E-state index contributed by atoms with van der Waals surface area (Å²) < 4.78 is 29.7. The van der Waals surface area contributed by atoms with Crippen molar-refractivity contribution in [1.82, 2.24) is 5.32 Å². The molecule has 0 radical (unpaired) electrons. The van der Waals surface area contributed by atoms with Gasteiger partial charge in [-0.3, -0.25) is 0 Å². The van der Waals surface area contributed by atoms with Gasteiger partial charge in [0.2, 0.25) is 0 Å². The van der Waals surface area contributed by atoms with E-state index in [1.54, 1.807) is 0 Å². The van der Waals surface area contributed by atoms with Gasteiger partial charge in [-0.15, -0.1) is 0 Å².